The second kappa shape index (κ2) is 7.41. The van der Waals surface area contributed by atoms with E-state index in [1.807, 2.05) is 6.92 Å². The minimum absolute atomic E-state index is 0.148. The van der Waals surface area contributed by atoms with Crippen molar-refractivity contribution in [1.82, 2.24) is 4.98 Å². The topological polar surface area (TPSA) is 112 Å². The highest BCUT2D eigenvalue weighted by Gasteiger charge is 2.21. The van der Waals surface area contributed by atoms with Gasteiger partial charge in [0.15, 0.2) is 17.5 Å². The molecule has 140 valence electrons. The van der Waals surface area contributed by atoms with E-state index in [1.165, 1.54) is 19.2 Å². The fourth-order valence-electron chi connectivity index (χ4n) is 3.04. The van der Waals surface area contributed by atoms with Crippen LogP contribution in [-0.4, -0.2) is 28.3 Å². The highest BCUT2D eigenvalue weighted by Crippen LogP contribution is 2.31. The van der Waals surface area contributed by atoms with Crippen LogP contribution in [0.15, 0.2) is 47.4 Å². The lowest BCUT2D eigenvalue weighted by atomic mass is 10.0. The molecule has 0 saturated heterocycles. The largest absolute Gasteiger partial charge is 0.504 e. The van der Waals surface area contributed by atoms with E-state index >= 15 is 0 Å². The summed E-state index contributed by atoms with van der Waals surface area (Å²) in [7, 11) is 1.42. The van der Waals surface area contributed by atoms with Crippen molar-refractivity contribution in [3.05, 3.63) is 64.1 Å². The Morgan fingerprint density at radius 1 is 1.22 bits per heavy atom. The van der Waals surface area contributed by atoms with Gasteiger partial charge in [-0.05, 0) is 47.2 Å². The smallest absolute Gasteiger partial charge is 0.330 e. The standard InChI is InChI=1S/C20H20N2O5/c1-3-11-10-21-19(24)15-9-13(5-6-14(11)15)22-18(20(25)26)12-4-7-17(27-2)16(23)8-12/h4-10,18,22-23H,3H2,1-2H3,(H,21,24)(H,25,26). The van der Waals surface area contributed by atoms with Gasteiger partial charge in [-0.1, -0.05) is 19.1 Å². The van der Waals surface area contributed by atoms with Gasteiger partial charge >= 0.3 is 5.97 Å². The summed E-state index contributed by atoms with van der Waals surface area (Å²) in [4.78, 5) is 26.6. The Labute approximate surface area is 155 Å². The molecule has 7 nitrogen and oxygen atoms in total. The fourth-order valence-corrected chi connectivity index (χ4v) is 3.04. The van der Waals surface area contributed by atoms with Crippen molar-refractivity contribution in [3.8, 4) is 11.5 Å². The lowest BCUT2D eigenvalue weighted by Gasteiger charge is -2.17. The summed E-state index contributed by atoms with van der Waals surface area (Å²) >= 11 is 0. The summed E-state index contributed by atoms with van der Waals surface area (Å²) in [6.45, 7) is 2.00. The Hall–Kier alpha value is -3.48. The number of anilines is 1. The number of hydrogen-bond donors (Lipinski definition) is 4. The van der Waals surface area contributed by atoms with E-state index < -0.39 is 12.0 Å². The minimum atomic E-state index is -1.11. The third-order valence-electron chi connectivity index (χ3n) is 4.46. The summed E-state index contributed by atoms with van der Waals surface area (Å²) in [5, 5.41) is 23.8. The number of carbonyl (C=O) groups is 1. The number of fused-ring (bicyclic) bond motifs is 1. The molecule has 0 fully saturated rings. The molecule has 0 aliphatic carbocycles. The second-order valence-electron chi connectivity index (χ2n) is 6.10. The predicted molar refractivity (Wildman–Crippen MR) is 103 cm³/mol. The molecule has 2 aromatic carbocycles. The van der Waals surface area contributed by atoms with Crippen LogP contribution in [-0.2, 0) is 11.2 Å². The summed E-state index contributed by atoms with van der Waals surface area (Å²) in [6.07, 6.45) is 2.46. The molecule has 0 amide bonds. The Kier molecular flexibility index (Phi) is 5.03. The average molecular weight is 368 g/mol. The van der Waals surface area contributed by atoms with Gasteiger partial charge in [-0.3, -0.25) is 4.79 Å². The number of aromatic hydroxyl groups is 1. The van der Waals surface area contributed by atoms with Crippen molar-refractivity contribution >= 4 is 22.4 Å². The number of aromatic amines is 1. The number of carboxylic acids is 1. The van der Waals surface area contributed by atoms with Crippen LogP contribution in [0.1, 0.15) is 24.1 Å². The van der Waals surface area contributed by atoms with E-state index in [2.05, 4.69) is 10.3 Å². The molecule has 3 aromatic rings. The van der Waals surface area contributed by atoms with Crippen LogP contribution in [0.3, 0.4) is 0 Å². The molecule has 0 spiro atoms. The summed E-state index contributed by atoms with van der Waals surface area (Å²) in [5.41, 5.74) is 1.62. The van der Waals surface area contributed by atoms with Gasteiger partial charge in [0.05, 0.1) is 7.11 Å². The molecule has 1 unspecified atom stereocenters. The Morgan fingerprint density at radius 2 is 2.00 bits per heavy atom. The fraction of sp³-hybridized carbons (Fsp3) is 0.200. The van der Waals surface area contributed by atoms with Crippen molar-refractivity contribution < 1.29 is 19.7 Å². The zero-order chi connectivity index (χ0) is 19.6. The number of ether oxygens (including phenoxy) is 1. The molecular weight excluding hydrogens is 348 g/mol. The first kappa shape index (κ1) is 18.3. The number of hydrogen-bond acceptors (Lipinski definition) is 5. The molecule has 3 rings (SSSR count). The van der Waals surface area contributed by atoms with Gasteiger partial charge in [0.2, 0.25) is 0 Å². The first-order valence-corrected chi connectivity index (χ1v) is 8.45. The molecular formula is C20H20N2O5. The van der Waals surface area contributed by atoms with Gasteiger partial charge in [0.25, 0.3) is 5.56 Å². The Balaban J connectivity index is 2.00. The number of phenolic OH excluding ortho intramolecular Hbond substituents is 1. The zero-order valence-electron chi connectivity index (χ0n) is 14.9. The zero-order valence-corrected chi connectivity index (χ0v) is 14.9. The average Bonchev–Trinajstić information content (AvgIpc) is 2.66. The van der Waals surface area contributed by atoms with E-state index in [9.17, 15) is 19.8 Å². The third-order valence-corrected chi connectivity index (χ3v) is 4.46. The Morgan fingerprint density at radius 3 is 2.63 bits per heavy atom. The maximum Gasteiger partial charge on any atom is 0.330 e. The maximum absolute atomic E-state index is 12.2. The van der Waals surface area contributed by atoms with Crippen LogP contribution in [0.25, 0.3) is 10.8 Å². The van der Waals surface area contributed by atoms with Gasteiger partial charge < -0.3 is 25.3 Å². The molecule has 1 heterocycles. The number of methoxy groups -OCH3 is 1. The van der Waals surface area contributed by atoms with E-state index in [4.69, 9.17) is 4.74 Å². The van der Waals surface area contributed by atoms with Crippen LogP contribution >= 0.6 is 0 Å². The SMILES string of the molecule is CCc1c[nH]c(=O)c2cc(NC(C(=O)O)c3ccc(OC)c(O)c3)ccc12. The third kappa shape index (κ3) is 3.57. The number of nitrogens with one attached hydrogen (secondary N) is 2. The van der Waals surface area contributed by atoms with Gasteiger partial charge in [-0.15, -0.1) is 0 Å². The van der Waals surface area contributed by atoms with Crippen molar-refractivity contribution in [2.45, 2.75) is 19.4 Å². The number of aromatic nitrogens is 1. The molecule has 0 bridgehead atoms. The van der Waals surface area contributed by atoms with Gasteiger partial charge in [0, 0.05) is 17.3 Å². The van der Waals surface area contributed by atoms with Crippen LogP contribution < -0.4 is 15.6 Å². The summed E-state index contributed by atoms with van der Waals surface area (Å²) in [5.74, 6) is -1.01. The molecule has 0 saturated carbocycles. The first-order valence-electron chi connectivity index (χ1n) is 8.45. The lowest BCUT2D eigenvalue weighted by Crippen LogP contribution is -2.20. The highest BCUT2D eigenvalue weighted by molar-refractivity contribution is 5.88. The predicted octanol–water partition coefficient (Wildman–Crippen LogP) is 3.04. The number of pyridine rings is 1. The molecule has 4 N–H and O–H groups in total. The van der Waals surface area contributed by atoms with E-state index in [0.717, 1.165) is 17.4 Å². The number of rotatable bonds is 6. The Bertz CT molecular complexity index is 1060. The quantitative estimate of drug-likeness (QED) is 0.532. The lowest BCUT2D eigenvalue weighted by molar-refractivity contribution is -0.138. The number of aliphatic carboxylic acids is 1. The van der Waals surface area contributed by atoms with Crippen LogP contribution in [0.2, 0.25) is 0 Å². The minimum Gasteiger partial charge on any atom is -0.504 e. The normalized spacial score (nSPS) is 11.9. The van der Waals surface area contributed by atoms with Gasteiger partial charge in [0.1, 0.15) is 0 Å². The van der Waals surface area contributed by atoms with Gasteiger partial charge in [-0.25, -0.2) is 4.79 Å². The molecule has 7 heteroatoms. The summed E-state index contributed by atoms with van der Waals surface area (Å²) < 4.78 is 4.99. The monoisotopic (exact) mass is 368 g/mol. The second-order valence-corrected chi connectivity index (χ2v) is 6.10. The van der Waals surface area contributed by atoms with Crippen molar-refractivity contribution in [1.29, 1.82) is 0 Å². The van der Waals surface area contributed by atoms with E-state index in [-0.39, 0.29) is 17.1 Å². The molecule has 1 atom stereocenters. The van der Waals surface area contributed by atoms with Crippen molar-refractivity contribution in [2.24, 2.45) is 0 Å². The van der Waals surface area contributed by atoms with Crippen molar-refractivity contribution in [2.75, 3.05) is 12.4 Å². The number of aryl methyl sites for hydroxylation is 1. The molecule has 1 aromatic heterocycles. The highest BCUT2D eigenvalue weighted by atomic mass is 16.5. The number of phenols is 1. The van der Waals surface area contributed by atoms with Crippen LogP contribution in [0.4, 0.5) is 5.69 Å². The molecule has 0 aliphatic heterocycles. The van der Waals surface area contributed by atoms with Gasteiger partial charge in [-0.2, -0.15) is 0 Å². The maximum atomic E-state index is 12.2. The first-order chi connectivity index (χ1) is 12.9. The van der Waals surface area contributed by atoms with E-state index in [1.54, 1.807) is 30.5 Å². The number of H-pyrrole nitrogens is 1. The van der Waals surface area contributed by atoms with Crippen molar-refractivity contribution in [3.63, 3.8) is 0 Å². The molecule has 0 aliphatic rings. The summed E-state index contributed by atoms with van der Waals surface area (Å²) in [6, 6.07) is 8.47. The number of carboxylic acid groups (broad SMARTS) is 1. The van der Waals surface area contributed by atoms with E-state index in [0.29, 0.717) is 16.6 Å². The van der Waals surface area contributed by atoms with Crippen LogP contribution in [0, 0.1) is 0 Å². The van der Waals surface area contributed by atoms with Crippen LogP contribution in [0.5, 0.6) is 11.5 Å². The molecule has 0 radical (unpaired) electrons. The molecule has 27 heavy (non-hydrogen) atoms. The number of benzene rings is 2.